The molecule has 2 amide bonds. The molecule has 1 fully saturated rings. The van der Waals surface area contributed by atoms with Gasteiger partial charge in [-0.05, 0) is 26.7 Å². The summed E-state index contributed by atoms with van der Waals surface area (Å²) in [6.45, 7) is 5.74. The molecule has 0 bridgehead atoms. The van der Waals surface area contributed by atoms with E-state index >= 15 is 0 Å². The number of carbonyl (C=O) groups excluding carboxylic acids is 1. The van der Waals surface area contributed by atoms with E-state index in [0.29, 0.717) is 0 Å². The van der Waals surface area contributed by atoms with Crippen molar-refractivity contribution in [3.63, 3.8) is 0 Å². The number of hydrogen-bond acceptors (Lipinski definition) is 2. The Hall–Kier alpha value is -1.24. The van der Waals surface area contributed by atoms with E-state index in [9.17, 15) is 4.79 Å². The zero-order chi connectivity index (χ0) is 10.6. The van der Waals surface area contributed by atoms with Crippen molar-refractivity contribution in [1.29, 1.82) is 5.26 Å². The van der Waals surface area contributed by atoms with E-state index in [2.05, 4.69) is 0 Å². The highest BCUT2D eigenvalue weighted by atomic mass is 16.2. The second-order valence-corrected chi connectivity index (χ2v) is 3.86. The van der Waals surface area contributed by atoms with Gasteiger partial charge in [0.15, 0.2) is 0 Å². The predicted molar refractivity (Wildman–Crippen MR) is 53.7 cm³/mol. The molecule has 4 heteroatoms. The fourth-order valence-electron chi connectivity index (χ4n) is 1.64. The van der Waals surface area contributed by atoms with E-state index in [1.165, 1.54) is 0 Å². The van der Waals surface area contributed by atoms with Crippen molar-refractivity contribution < 1.29 is 4.79 Å². The van der Waals surface area contributed by atoms with E-state index in [1.54, 1.807) is 4.90 Å². The van der Waals surface area contributed by atoms with Crippen molar-refractivity contribution in [3.8, 4) is 6.07 Å². The number of nitrogens with zero attached hydrogens (tertiary/aromatic N) is 3. The summed E-state index contributed by atoms with van der Waals surface area (Å²) < 4.78 is 0. The standard InChI is InChI=1S/C10H17N3O/c1-9(2)13(8-5-11)10(14)12-6-3-4-7-12/h9H,3-4,6-8H2,1-2H3. The van der Waals surface area contributed by atoms with Crippen LogP contribution in [0.2, 0.25) is 0 Å². The highest BCUT2D eigenvalue weighted by Gasteiger charge is 2.24. The first-order valence-corrected chi connectivity index (χ1v) is 5.09. The zero-order valence-electron chi connectivity index (χ0n) is 8.86. The Kier molecular flexibility index (Phi) is 3.75. The summed E-state index contributed by atoms with van der Waals surface area (Å²) in [5.74, 6) is 0. The van der Waals surface area contributed by atoms with Crippen molar-refractivity contribution in [2.24, 2.45) is 0 Å². The van der Waals surface area contributed by atoms with Crippen LogP contribution in [0.25, 0.3) is 0 Å². The average Bonchev–Trinajstić information content (AvgIpc) is 2.65. The Morgan fingerprint density at radius 2 is 2.07 bits per heavy atom. The molecule has 1 heterocycles. The number of amides is 2. The van der Waals surface area contributed by atoms with Crippen LogP contribution in [0.4, 0.5) is 4.79 Å². The van der Waals surface area contributed by atoms with Gasteiger partial charge in [0, 0.05) is 19.1 Å². The Morgan fingerprint density at radius 1 is 1.50 bits per heavy atom. The maximum Gasteiger partial charge on any atom is 0.321 e. The Bertz CT molecular complexity index is 238. The first-order chi connectivity index (χ1) is 6.66. The van der Waals surface area contributed by atoms with Crippen molar-refractivity contribution >= 4 is 6.03 Å². The van der Waals surface area contributed by atoms with Crippen LogP contribution in [-0.4, -0.2) is 41.5 Å². The molecule has 0 N–H and O–H groups in total. The smallest absolute Gasteiger partial charge is 0.321 e. The van der Waals surface area contributed by atoms with Crippen LogP contribution in [0.1, 0.15) is 26.7 Å². The Balaban J connectivity index is 2.58. The van der Waals surface area contributed by atoms with Crippen LogP contribution in [0.5, 0.6) is 0 Å². The van der Waals surface area contributed by atoms with E-state index in [0.717, 1.165) is 25.9 Å². The van der Waals surface area contributed by atoms with Gasteiger partial charge in [-0.3, -0.25) is 0 Å². The lowest BCUT2D eigenvalue weighted by Crippen LogP contribution is -2.45. The normalized spacial score (nSPS) is 15.7. The van der Waals surface area contributed by atoms with E-state index in [-0.39, 0.29) is 18.6 Å². The SMILES string of the molecule is CC(C)N(CC#N)C(=O)N1CCCC1. The predicted octanol–water partition coefficient (Wildman–Crippen LogP) is 1.44. The maximum atomic E-state index is 11.9. The van der Waals surface area contributed by atoms with Gasteiger partial charge in [0.2, 0.25) is 0 Å². The summed E-state index contributed by atoms with van der Waals surface area (Å²) in [4.78, 5) is 15.3. The number of carbonyl (C=O) groups is 1. The molecule has 0 aromatic carbocycles. The minimum atomic E-state index is 0.0130. The highest BCUT2D eigenvalue weighted by molar-refractivity contribution is 5.75. The van der Waals surface area contributed by atoms with Gasteiger partial charge in [-0.25, -0.2) is 4.79 Å². The molecule has 14 heavy (non-hydrogen) atoms. The summed E-state index contributed by atoms with van der Waals surface area (Å²) >= 11 is 0. The minimum Gasteiger partial charge on any atom is -0.325 e. The van der Waals surface area contributed by atoms with Gasteiger partial charge in [0.25, 0.3) is 0 Å². The molecule has 1 aliphatic rings. The lowest BCUT2D eigenvalue weighted by atomic mass is 10.3. The van der Waals surface area contributed by atoms with Gasteiger partial charge < -0.3 is 9.80 Å². The molecule has 0 aromatic rings. The van der Waals surface area contributed by atoms with E-state index in [4.69, 9.17) is 5.26 Å². The van der Waals surface area contributed by atoms with Crippen molar-refractivity contribution in [2.45, 2.75) is 32.7 Å². The van der Waals surface area contributed by atoms with Crippen LogP contribution in [0.15, 0.2) is 0 Å². The zero-order valence-corrected chi connectivity index (χ0v) is 8.86. The number of urea groups is 1. The van der Waals surface area contributed by atoms with Gasteiger partial charge in [-0.1, -0.05) is 0 Å². The van der Waals surface area contributed by atoms with Crippen molar-refractivity contribution in [1.82, 2.24) is 9.80 Å². The Morgan fingerprint density at radius 3 is 2.50 bits per heavy atom. The summed E-state index contributed by atoms with van der Waals surface area (Å²) in [6, 6.07) is 2.14. The number of nitriles is 1. The molecule has 0 radical (unpaired) electrons. The fraction of sp³-hybridized carbons (Fsp3) is 0.800. The second kappa shape index (κ2) is 4.85. The molecule has 0 aromatic heterocycles. The summed E-state index contributed by atoms with van der Waals surface area (Å²) in [6.07, 6.45) is 2.18. The van der Waals surface area contributed by atoms with Crippen LogP contribution in [0.3, 0.4) is 0 Å². The molecule has 0 saturated carbocycles. The topological polar surface area (TPSA) is 47.3 Å². The largest absolute Gasteiger partial charge is 0.325 e. The molecule has 1 saturated heterocycles. The fourth-order valence-corrected chi connectivity index (χ4v) is 1.64. The van der Waals surface area contributed by atoms with Crippen LogP contribution < -0.4 is 0 Å². The van der Waals surface area contributed by atoms with Crippen molar-refractivity contribution in [2.75, 3.05) is 19.6 Å². The highest BCUT2D eigenvalue weighted by Crippen LogP contribution is 2.12. The summed E-state index contributed by atoms with van der Waals surface area (Å²) in [5.41, 5.74) is 0. The third-order valence-electron chi connectivity index (χ3n) is 2.49. The van der Waals surface area contributed by atoms with E-state index in [1.807, 2.05) is 24.8 Å². The second-order valence-electron chi connectivity index (χ2n) is 3.86. The lowest BCUT2D eigenvalue weighted by Gasteiger charge is -2.28. The molecular weight excluding hydrogens is 178 g/mol. The minimum absolute atomic E-state index is 0.0130. The molecule has 0 aliphatic carbocycles. The molecular formula is C10H17N3O. The first-order valence-electron chi connectivity index (χ1n) is 5.09. The third kappa shape index (κ3) is 2.38. The quantitative estimate of drug-likeness (QED) is 0.626. The van der Waals surface area contributed by atoms with Gasteiger partial charge >= 0.3 is 6.03 Å². The molecule has 1 aliphatic heterocycles. The molecule has 4 nitrogen and oxygen atoms in total. The van der Waals surface area contributed by atoms with Gasteiger partial charge in [-0.15, -0.1) is 0 Å². The van der Waals surface area contributed by atoms with Crippen molar-refractivity contribution in [3.05, 3.63) is 0 Å². The molecule has 0 unspecified atom stereocenters. The van der Waals surface area contributed by atoms with Crippen LogP contribution in [0, 0.1) is 11.3 Å². The lowest BCUT2D eigenvalue weighted by molar-refractivity contribution is 0.156. The molecule has 0 atom stereocenters. The Labute approximate surface area is 85.1 Å². The third-order valence-corrected chi connectivity index (χ3v) is 2.49. The first kappa shape index (κ1) is 10.8. The molecule has 0 spiro atoms. The summed E-state index contributed by atoms with van der Waals surface area (Å²) in [5, 5.41) is 8.61. The summed E-state index contributed by atoms with van der Waals surface area (Å²) in [7, 11) is 0. The van der Waals surface area contributed by atoms with E-state index < -0.39 is 0 Å². The maximum absolute atomic E-state index is 11.9. The van der Waals surface area contributed by atoms with Gasteiger partial charge in [0.05, 0.1) is 6.07 Å². The average molecular weight is 195 g/mol. The monoisotopic (exact) mass is 195 g/mol. The van der Waals surface area contributed by atoms with Crippen LogP contribution >= 0.6 is 0 Å². The molecule has 1 rings (SSSR count). The number of likely N-dealkylation sites (tertiary alicyclic amines) is 1. The molecule has 78 valence electrons. The van der Waals surface area contributed by atoms with Crippen LogP contribution in [-0.2, 0) is 0 Å². The van der Waals surface area contributed by atoms with Gasteiger partial charge in [-0.2, -0.15) is 5.26 Å². The number of hydrogen-bond donors (Lipinski definition) is 0. The van der Waals surface area contributed by atoms with Gasteiger partial charge in [0.1, 0.15) is 6.54 Å². The number of rotatable bonds is 2.